The van der Waals surface area contributed by atoms with Crippen LogP contribution in [0.4, 0.5) is 0 Å². The van der Waals surface area contributed by atoms with E-state index in [1.54, 1.807) is 6.92 Å². The third kappa shape index (κ3) is 2.30. The number of nitrogens with zero attached hydrogens (tertiary/aromatic N) is 2. The summed E-state index contributed by atoms with van der Waals surface area (Å²) in [6.45, 7) is 5.49. The highest BCUT2D eigenvalue weighted by Crippen LogP contribution is 2.32. The zero-order valence-electron chi connectivity index (χ0n) is 10.8. The number of nitrogens with two attached hydrogens (primary N) is 1. The fourth-order valence-corrected chi connectivity index (χ4v) is 3.77. The molecule has 0 bridgehead atoms. The van der Waals surface area contributed by atoms with E-state index >= 15 is 0 Å². The van der Waals surface area contributed by atoms with Gasteiger partial charge in [-0.3, -0.25) is 5.10 Å². The fraction of sp³-hybridized carbons (Fsp3) is 0.727. The second kappa shape index (κ2) is 4.64. The number of H-pyrrole nitrogens is 1. The fourth-order valence-electron chi connectivity index (χ4n) is 2.21. The van der Waals surface area contributed by atoms with Crippen molar-refractivity contribution in [3.63, 3.8) is 0 Å². The third-order valence-corrected chi connectivity index (χ3v) is 5.84. The smallest absolute Gasteiger partial charge is 0.246 e. The molecule has 1 saturated heterocycles. The van der Waals surface area contributed by atoms with E-state index in [-0.39, 0.29) is 10.3 Å². The van der Waals surface area contributed by atoms with Gasteiger partial charge in [-0.2, -0.15) is 9.40 Å². The highest BCUT2D eigenvalue weighted by atomic mass is 32.2. The van der Waals surface area contributed by atoms with Crippen molar-refractivity contribution >= 4 is 10.0 Å². The molecular formula is C11H20N4O2S. The maximum atomic E-state index is 12.4. The van der Waals surface area contributed by atoms with E-state index in [0.29, 0.717) is 25.3 Å². The summed E-state index contributed by atoms with van der Waals surface area (Å²) >= 11 is 0. The summed E-state index contributed by atoms with van der Waals surface area (Å²) in [7, 11) is -3.41. The molecule has 102 valence electrons. The van der Waals surface area contributed by atoms with E-state index in [9.17, 15) is 8.42 Å². The Labute approximate surface area is 108 Å². The Balaban J connectivity index is 2.17. The van der Waals surface area contributed by atoms with Crippen molar-refractivity contribution in [1.82, 2.24) is 14.5 Å². The van der Waals surface area contributed by atoms with Gasteiger partial charge < -0.3 is 5.73 Å². The SMILES string of the molecule is Cc1[nH]ncc1S(=O)(=O)N1CCC(C)(CN)CC1. The number of rotatable bonds is 3. The van der Waals surface area contributed by atoms with Crippen LogP contribution in [0.15, 0.2) is 11.1 Å². The Bertz CT molecular complexity index is 515. The molecule has 0 spiro atoms. The predicted molar refractivity (Wildman–Crippen MR) is 68.5 cm³/mol. The minimum Gasteiger partial charge on any atom is -0.330 e. The van der Waals surface area contributed by atoms with Gasteiger partial charge in [0.2, 0.25) is 10.0 Å². The largest absolute Gasteiger partial charge is 0.330 e. The Kier molecular flexibility index (Phi) is 3.48. The molecule has 0 atom stereocenters. The van der Waals surface area contributed by atoms with E-state index in [1.807, 2.05) is 0 Å². The first-order chi connectivity index (χ1) is 8.39. The van der Waals surface area contributed by atoms with Crippen molar-refractivity contribution in [1.29, 1.82) is 0 Å². The van der Waals surface area contributed by atoms with Gasteiger partial charge in [-0.1, -0.05) is 6.92 Å². The minimum absolute atomic E-state index is 0.0669. The number of hydrogen-bond acceptors (Lipinski definition) is 4. The topological polar surface area (TPSA) is 92.1 Å². The average molecular weight is 272 g/mol. The first kappa shape index (κ1) is 13.5. The van der Waals surface area contributed by atoms with Crippen LogP contribution in [0.5, 0.6) is 0 Å². The lowest BCUT2D eigenvalue weighted by atomic mass is 9.81. The number of sulfonamides is 1. The van der Waals surface area contributed by atoms with Crippen molar-refractivity contribution < 1.29 is 8.42 Å². The normalized spacial score (nSPS) is 21.1. The molecule has 7 heteroatoms. The van der Waals surface area contributed by atoms with E-state index in [1.165, 1.54) is 10.5 Å². The Morgan fingerprint density at radius 2 is 2.11 bits per heavy atom. The van der Waals surface area contributed by atoms with E-state index in [2.05, 4.69) is 17.1 Å². The first-order valence-electron chi connectivity index (χ1n) is 6.09. The Hall–Kier alpha value is -0.920. The lowest BCUT2D eigenvalue weighted by Gasteiger charge is -2.37. The number of hydrogen-bond donors (Lipinski definition) is 2. The van der Waals surface area contributed by atoms with Crippen molar-refractivity contribution in [2.24, 2.45) is 11.1 Å². The highest BCUT2D eigenvalue weighted by molar-refractivity contribution is 7.89. The van der Waals surface area contributed by atoms with E-state index < -0.39 is 10.0 Å². The molecule has 18 heavy (non-hydrogen) atoms. The number of aromatic nitrogens is 2. The Morgan fingerprint density at radius 3 is 2.56 bits per heavy atom. The molecule has 6 nitrogen and oxygen atoms in total. The van der Waals surface area contributed by atoms with E-state index in [4.69, 9.17) is 5.73 Å². The summed E-state index contributed by atoms with van der Waals surface area (Å²) in [6.07, 6.45) is 2.99. The van der Waals surface area contributed by atoms with E-state index in [0.717, 1.165) is 12.8 Å². The van der Waals surface area contributed by atoms with Crippen LogP contribution in [-0.2, 0) is 10.0 Å². The van der Waals surface area contributed by atoms with Crippen molar-refractivity contribution in [2.75, 3.05) is 19.6 Å². The minimum atomic E-state index is -3.41. The van der Waals surface area contributed by atoms with Crippen molar-refractivity contribution in [2.45, 2.75) is 31.6 Å². The molecule has 0 radical (unpaired) electrons. The summed E-state index contributed by atoms with van der Waals surface area (Å²) in [5.74, 6) is 0. The molecule has 0 amide bonds. The molecule has 1 aromatic heterocycles. The Morgan fingerprint density at radius 1 is 1.50 bits per heavy atom. The predicted octanol–water partition coefficient (Wildman–Crippen LogP) is 0.468. The highest BCUT2D eigenvalue weighted by Gasteiger charge is 2.35. The lowest BCUT2D eigenvalue weighted by molar-refractivity contribution is 0.183. The molecule has 0 aromatic carbocycles. The molecule has 1 aromatic rings. The molecule has 1 aliphatic rings. The molecule has 0 unspecified atom stereocenters. The van der Waals surface area contributed by atoms with Gasteiger partial charge in [0, 0.05) is 13.1 Å². The van der Waals surface area contributed by atoms with Gasteiger partial charge in [0.25, 0.3) is 0 Å². The molecule has 3 N–H and O–H groups in total. The van der Waals surface area contributed by atoms with Crippen molar-refractivity contribution in [3.05, 3.63) is 11.9 Å². The van der Waals surface area contributed by atoms with Crippen LogP contribution in [0.3, 0.4) is 0 Å². The van der Waals surface area contributed by atoms with Gasteiger partial charge in [-0.25, -0.2) is 8.42 Å². The molecule has 1 fully saturated rings. The van der Waals surface area contributed by atoms with Gasteiger partial charge in [0.15, 0.2) is 0 Å². The number of nitrogens with one attached hydrogen (secondary N) is 1. The number of aryl methyl sites for hydroxylation is 1. The van der Waals surface area contributed by atoms with Gasteiger partial charge in [0.05, 0.1) is 11.9 Å². The summed E-state index contributed by atoms with van der Waals surface area (Å²) in [5.41, 5.74) is 6.38. The molecule has 1 aliphatic heterocycles. The van der Waals surface area contributed by atoms with Crippen LogP contribution in [0.2, 0.25) is 0 Å². The standard InChI is InChI=1S/C11H20N4O2S/c1-9-10(7-13-14-9)18(16,17)15-5-3-11(2,8-12)4-6-15/h7H,3-6,8,12H2,1-2H3,(H,13,14). The van der Waals surface area contributed by atoms with Crippen LogP contribution in [-0.4, -0.2) is 42.6 Å². The monoisotopic (exact) mass is 272 g/mol. The maximum Gasteiger partial charge on any atom is 0.246 e. The average Bonchev–Trinajstić information content (AvgIpc) is 2.77. The second-order valence-corrected chi connectivity index (χ2v) is 7.18. The summed E-state index contributed by atoms with van der Waals surface area (Å²) in [6, 6.07) is 0. The zero-order valence-corrected chi connectivity index (χ0v) is 11.6. The van der Waals surface area contributed by atoms with Crippen LogP contribution in [0, 0.1) is 12.3 Å². The summed E-state index contributed by atoms with van der Waals surface area (Å²) in [4.78, 5) is 0.277. The molecule has 0 saturated carbocycles. The number of piperidine rings is 1. The second-order valence-electron chi connectivity index (χ2n) is 5.28. The lowest BCUT2D eigenvalue weighted by Crippen LogP contribution is -2.44. The quantitative estimate of drug-likeness (QED) is 0.836. The molecule has 0 aliphatic carbocycles. The van der Waals surface area contributed by atoms with Crippen LogP contribution in [0.1, 0.15) is 25.5 Å². The van der Waals surface area contributed by atoms with Crippen LogP contribution >= 0.6 is 0 Å². The maximum absolute atomic E-state index is 12.4. The van der Waals surface area contributed by atoms with Gasteiger partial charge in [-0.15, -0.1) is 0 Å². The first-order valence-corrected chi connectivity index (χ1v) is 7.53. The molecule has 2 heterocycles. The van der Waals surface area contributed by atoms with Crippen molar-refractivity contribution in [3.8, 4) is 0 Å². The van der Waals surface area contributed by atoms with Gasteiger partial charge in [0.1, 0.15) is 4.90 Å². The summed E-state index contributed by atoms with van der Waals surface area (Å²) in [5, 5.41) is 6.44. The van der Waals surface area contributed by atoms with Gasteiger partial charge in [-0.05, 0) is 31.7 Å². The number of aromatic amines is 1. The van der Waals surface area contributed by atoms with Crippen LogP contribution < -0.4 is 5.73 Å². The molecule has 2 rings (SSSR count). The third-order valence-electron chi connectivity index (χ3n) is 3.82. The molecular weight excluding hydrogens is 252 g/mol. The summed E-state index contributed by atoms with van der Waals surface area (Å²) < 4.78 is 26.3. The zero-order chi connectivity index (χ0) is 13.4. The van der Waals surface area contributed by atoms with Crippen LogP contribution in [0.25, 0.3) is 0 Å². The van der Waals surface area contributed by atoms with Gasteiger partial charge >= 0.3 is 0 Å².